The molecule has 2 saturated heterocycles. The number of aryl methyl sites for hydroxylation is 1. The van der Waals surface area contributed by atoms with Crippen LogP contribution in [0.3, 0.4) is 0 Å². The van der Waals surface area contributed by atoms with Crippen LogP contribution in [0, 0.1) is 6.92 Å². The van der Waals surface area contributed by atoms with Gasteiger partial charge < -0.3 is 14.1 Å². The highest BCUT2D eigenvalue weighted by atomic mass is 32.2. The van der Waals surface area contributed by atoms with E-state index in [9.17, 15) is 13.2 Å². The fraction of sp³-hybridized carbons (Fsp3) is 0.562. The summed E-state index contributed by atoms with van der Waals surface area (Å²) in [4.78, 5) is 15.4. The summed E-state index contributed by atoms with van der Waals surface area (Å²) in [6, 6.07) is 1.54. The Kier molecular flexibility index (Phi) is 5.01. The number of likely N-dealkylation sites (tertiary alicyclic amines) is 1. The topological polar surface area (TPSA) is 106 Å². The van der Waals surface area contributed by atoms with E-state index in [0.717, 1.165) is 12.8 Å². The number of nitrogens with zero attached hydrogens (tertiary/aromatic N) is 4. The van der Waals surface area contributed by atoms with Gasteiger partial charge in [0.25, 0.3) is 5.89 Å². The van der Waals surface area contributed by atoms with Crippen molar-refractivity contribution in [3.63, 3.8) is 0 Å². The molecule has 2 aromatic heterocycles. The third-order valence-electron chi connectivity index (χ3n) is 4.67. The maximum absolute atomic E-state index is 12.9. The summed E-state index contributed by atoms with van der Waals surface area (Å²) in [7, 11) is -3.60. The van der Waals surface area contributed by atoms with Crippen LogP contribution in [0.2, 0.25) is 0 Å². The van der Waals surface area contributed by atoms with Gasteiger partial charge in [0.05, 0.1) is 23.0 Å². The quantitative estimate of drug-likeness (QED) is 0.746. The molecule has 0 unspecified atom stereocenters. The average molecular weight is 412 g/mol. The Labute approximate surface area is 161 Å². The lowest BCUT2D eigenvalue weighted by molar-refractivity contribution is 0.0730. The van der Waals surface area contributed by atoms with Crippen LogP contribution in [-0.4, -0.2) is 73.1 Å². The van der Waals surface area contributed by atoms with Crippen LogP contribution in [0.1, 0.15) is 28.4 Å². The van der Waals surface area contributed by atoms with Crippen molar-refractivity contribution in [2.24, 2.45) is 0 Å². The molecule has 27 heavy (non-hydrogen) atoms. The van der Waals surface area contributed by atoms with E-state index in [1.807, 2.05) is 0 Å². The lowest BCUT2D eigenvalue weighted by atomic mass is 10.4. The monoisotopic (exact) mass is 412 g/mol. The van der Waals surface area contributed by atoms with Gasteiger partial charge in [-0.15, -0.1) is 21.5 Å². The summed E-state index contributed by atoms with van der Waals surface area (Å²) in [6.07, 6.45) is 1.94. The number of rotatable bonds is 4. The van der Waals surface area contributed by atoms with E-state index in [2.05, 4.69) is 10.2 Å². The molecule has 0 aliphatic carbocycles. The number of carbonyl (C=O) groups excluding carboxylic acids is 1. The molecule has 2 aromatic rings. The highest BCUT2D eigenvalue weighted by Crippen LogP contribution is 2.34. The third-order valence-corrected chi connectivity index (χ3v) is 7.86. The Morgan fingerprint density at radius 2 is 1.85 bits per heavy atom. The average Bonchev–Trinajstić information content (AvgIpc) is 3.42. The van der Waals surface area contributed by atoms with Crippen LogP contribution in [0.5, 0.6) is 0 Å². The van der Waals surface area contributed by atoms with E-state index < -0.39 is 10.0 Å². The maximum Gasteiger partial charge on any atom is 0.311 e. The van der Waals surface area contributed by atoms with Crippen LogP contribution in [0.15, 0.2) is 15.4 Å². The van der Waals surface area contributed by atoms with Gasteiger partial charge in [-0.3, -0.25) is 4.79 Å². The van der Waals surface area contributed by atoms with E-state index in [1.54, 1.807) is 17.9 Å². The SMILES string of the molecule is Cc1sc(-c2nnc(C(=O)N3CCCC3)o2)cc1S(=O)(=O)N1CCOCC1. The number of thiophene rings is 1. The van der Waals surface area contributed by atoms with E-state index >= 15 is 0 Å². The lowest BCUT2D eigenvalue weighted by Gasteiger charge is -2.25. The van der Waals surface area contributed by atoms with Gasteiger partial charge in [0.2, 0.25) is 10.0 Å². The molecule has 11 heteroatoms. The zero-order valence-corrected chi connectivity index (χ0v) is 16.5. The highest BCUT2D eigenvalue weighted by Gasteiger charge is 2.31. The molecule has 9 nitrogen and oxygen atoms in total. The Hall–Kier alpha value is -1.82. The van der Waals surface area contributed by atoms with Crippen molar-refractivity contribution < 1.29 is 22.4 Å². The minimum absolute atomic E-state index is 0.0597. The van der Waals surface area contributed by atoms with Gasteiger partial charge >= 0.3 is 11.8 Å². The van der Waals surface area contributed by atoms with E-state index in [1.165, 1.54) is 15.6 Å². The standard InChI is InChI=1S/C16H20N4O5S2/c1-11-13(27(22,23)20-6-8-24-9-7-20)10-12(26-11)14-17-18-15(25-14)16(21)19-4-2-3-5-19/h10H,2-9H2,1H3. The lowest BCUT2D eigenvalue weighted by Crippen LogP contribution is -2.40. The molecule has 146 valence electrons. The molecular formula is C16H20N4O5S2. The molecule has 1 amide bonds. The van der Waals surface area contributed by atoms with Crippen LogP contribution >= 0.6 is 11.3 Å². The van der Waals surface area contributed by atoms with Gasteiger partial charge in [-0.1, -0.05) is 0 Å². The maximum atomic E-state index is 12.9. The summed E-state index contributed by atoms with van der Waals surface area (Å²) in [6.45, 7) is 4.58. The predicted octanol–water partition coefficient (Wildman–Crippen LogP) is 1.36. The molecule has 4 heterocycles. The number of ether oxygens (including phenoxy) is 1. The second kappa shape index (κ2) is 7.30. The van der Waals surface area contributed by atoms with Crippen LogP contribution in [-0.2, 0) is 14.8 Å². The van der Waals surface area contributed by atoms with Crippen molar-refractivity contribution in [1.82, 2.24) is 19.4 Å². The smallest absolute Gasteiger partial charge is 0.311 e. The fourth-order valence-electron chi connectivity index (χ4n) is 3.22. The van der Waals surface area contributed by atoms with Crippen molar-refractivity contribution in [2.75, 3.05) is 39.4 Å². The van der Waals surface area contributed by atoms with Crippen LogP contribution < -0.4 is 0 Å². The van der Waals surface area contributed by atoms with E-state index in [-0.39, 0.29) is 22.6 Å². The number of morpholine rings is 1. The number of aromatic nitrogens is 2. The minimum Gasteiger partial charge on any atom is -0.411 e. The van der Waals surface area contributed by atoms with Crippen LogP contribution in [0.4, 0.5) is 0 Å². The number of amides is 1. The number of carbonyl (C=O) groups is 1. The molecule has 4 rings (SSSR count). The van der Waals surface area contributed by atoms with Gasteiger partial charge in [-0.05, 0) is 25.8 Å². The first-order valence-corrected chi connectivity index (χ1v) is 11.0. The first-order valence-electron chi connectivity index (χ1n) is 8.78. The Balaban J connectivity index is 1.59. The molecule has 2 fully saturated rings. The van der Waals surface area contributed by atoms with Crippen molar-refractivity contribution in [3.8, 4) is 10.8 Å². The Morgan fingerprint density at radius 3 is 2.56 bits per heavy atom. The largest absolute Gasteiger partial charge is 0.411 e. The van der Waals surface area contributed by atoms with Gasteiger partial charge in [-0.25, -0.2) is 8.42 Å². The van der Waals surface area contributed by atoms with Crippen LogP contribution in [0.25, 0.3) is 10.8 Å². The van der Waals surface area contributed by atoms with Gasteiger partial charge in [0.1, 0.15) is 0 Å². The normalized spacial score (nSPS) is 18.9. The second-order valence-electron chi connectivity index (χ2n) is 6.46. The molecule has 0 aromatic carbocycles. The van der Waals surface area contributed by atoms with Gasteiger partial charge in [0, 0.05) is 31.1 Å². The summed E-state index contributed by atoms with van der Waals surface area (Å²) in [5.41, 5.74) is 0. The molecule has 0 spiro atoms. The predicted molar refractivity (Wildman–Crippen MR) is 97.1 cm³/mol. The zero-order valence-electron chi connectivity index (χ0n) is 14.9. The Bertz CT molecular complexity index is 940. The number of hydrogen-bond acceptors (Lipinski definition) is 8. The van der Waals surface area contributed by atoms with Gasteiger partial charge in [-0.2, -0.15) is 4.31 Å². The molecule has 2 aliphatic rings. The van der Waals surface area contributed by atoms with E-state index in [4.69, 9.17) is 9.15 Å². The summed E-state index contributed by atoms with van der Waals surface area (Å²) in [5.74, 6) is -0.176. The van der Waals surface area contributed by atoms with Crippen molar-refractivity contribution in [3.05, 3.63) is 16.8 Å². The summed E-state index contributed by atoms with van der Waals surface area (Å²) in [5, 5.41) is 7.80. The van der Waals surface area contributed by atoms with Crippen molar-refractivity contribution >= 4 is 27.3 Å². The first-order chi connectivity index (χ1) is 13.0. The van der Waals surface area contributed by atoms with Crippen molar-refractivity contribution in [2.45, 2.75) is 24.7 Å². The fourth-order valence-corrected chi connectivity index (χ4v) is 6.11. The van der Waals surface area contributed by atoms with Crippen molar-refractivity contribution in [1.29, 1.82) is 0 Å². The number of hydrogen-bond donors (Lipinski definition) is 0. The molecule has 2 aliphatic heterocycles. The first kappa shape index (κ1) is 18.5. The van der Waals surface area contributed by atoms with E-state index in [0.29, 0.717) is 49.1 Å². The summed E-state index contributed by atoms with van der Waals surface area (Å²) < 4.78 is 38.0. The zero-order chi connectivity index (χ0) is 19.0. The molecule has 0 N–H and O–H groups in total. The molecule has 0 atom stereocenters. The summed E-state index contributed by atoms with van der Waals surface area (Å²) >= 11 is 1.26. The molecule has 0 radical (unpaired) electrons. The minimum atomic E-state index is -3.60. The third kappa shape index (κ3) is 3.51. The van der Waals surface area contributed by atoms with Gasteiger partial charge in [0.15, 0.2) is 0 Å². The highest BCUT2D eigenvalue weighted by molar-refractivity contribution is 7.89. The Morgan fingerprint density at radius 1 is 1.15 bits per heavy atom. The second-order valence-corrected chi connectivity index (χ2v) is 9.62. The molecule has 0 bridgehead atoms. The molecular weight excluding hydrogens is 392 g/mol. The number of sulfonamides is 1. The molecule has 0 saturated carbocycles.